The van der Waals surface area contributed by atoms with Crippen LogP contribution >= 0.6 is 11.8 Å². The number of nitrogens with zero attached hydrogens (tertiary/aromatic N) is 2. The predicted molar refractivity (Wildman–Crippen MR) is 125 cm³/mol. The van der Waals surface area contributed by atoms with Crippen LogP contribution in [-0.4, -0.2) is 53.3 Å². The Hall–Kier alpha value is -2.73. The summed E-state index contributed by atoms with van der Waals surface area (Å²) in [5, 5.41) is 2.05. The van der Waals surface area contributed by atoms with Crippen LogP contribution in [0, 0.1) is 0 Å². The van der Waals surface area contributed by atoms with Crippen LogP contribution < -0.4 is 0 Å². The standard InChI is InChI=1S/C25H28N2O3S/c28-24(14-18-31-17-13-20-7-3-1-4-8-20)26-15-11-22(12-16-26)27-23(19-30-25(27)29)21-9-5-2-6-10-21/h1-10,13,17,22-23H,11-12,14-16,18-19H2/b17-13-/t23-/m0/s1. The van der Waals surface area contributed by atoms with Gasteiger partial charge in [0.05, 0.1) is 6.04 Å². The molecule has 162 valence electrons. The van der Waals surface area contributed by atoms with Crippen LogP contribution in [0.25, 0.3) is 6.08 Å². The van der Waals surface area contributed by atoms with E-state index in [1.54, 1.807) is 11.8 Å². The van der Waals surface area contributed by atoms with Gasteiger partial charge >= 0.3 is 6.09 Å². The van der Waals surface area contributed by atoms with Gasteiger partial charge in [0, 0.05) is 31.3 Å². The van der Waals surface area contributed by atoms with Gasteiger partial charge in [0.15, 0.2) is 0 Å². The number of benzene rings is 2. The highest BCUT2D eigenvalue weighted by Gasteiger charge is 2.40. The summed E-state index contributed by atoms with van der Waals surface area (Å²) in [6.07, 6.45) is 3.96. The van der Waals surface area contributed by atoms with Gasteiger partial charge in [-0.1, -0.05) is 60.7 Å². The molecule has 2 aromatic carbocycles. The fourth-order valence-electron chi connectivity index (χ4n) is 4.22. The molecule has 2 amide bonds. The van der Waals surface area contributed by atoms with Crippen LogP contribution in [0.15, 0.2) is 66.1 Å². The quantitative estimate of drug-likeness (QED) is 0.576. The monoisotopic (exact) mass is 436 g/mol. The first-order chi connectivity index (χ1) is 15.2. The van der Waals surface area contributed by atoms with Crippen molar-refractivity contribution in [2.75, 3.05) is 25.4 Å². The van der Waals surface area contributed by atoms with Crippen molar-refractivity contribution < 1.29 is 14.3 Å². The Kier molecular flexibility index (Phi) is 7.30. The van der Waals surface area contributed by atoms with E-state index >= 15 is 0 Å². The Labute approximate surface area is 188 Å². The SMILES string of the molecule is O=C(CCS/C=C\c1ccccc1)N1CCC(N2C(=O)OC[C@H]2c2ccccc2)CC1. The van der Waals surface area contributed by atoms with Crippen LogP contribution in [-0.2, 0) is 9.53 Å². The molecule has 2 aliphatic heterocycles. The van der Waals surface area contributed by atoms with E-state index in [1.165, 1.54) is 0 Å². The Morgan fingerprint density at radius 2 is 1.71 bits per heavy atom. The van der Waals surface area contributed by atoms with Crippen molar-refractivity contribution >= 4 is 29.8 Å². The van der Waals surface area contributed by atoms with E-state index in [0.717, 1.165) is 29.7 Å². The van der Waals surface area contributed by atoms with E-state index in [1.807, 2.05) is 58.3 Å². The molecule has 2 heterocycles. The summed E-state index contributed by atoms with van der Waals surface area (Å²) in [4.78, 5) is 28.8. The van der Waals surface area contributed by atoms with Gasteiger partial charge < -0.3 is 9.64 Å². The van der Waals surface area contributed by atoms with Gasteiger partial charge in [-0.05, 0) is 35.5 Å². The number of carbonyl (C=O) groups excluding carboxylic acids is 2. The molecule has 0 spiro atoms. The zero-order chi connectivity index (χ0) is 21.5. The van der Waals surface area contributed by atoms with Crippen molar-refractivity contribution in [2.24, 2.45) is 0 Å². The molecule has 2 aliphatic rings. The molecule has 5 nitrogen and oxygen atoms in total. The lowest BCUT2D eigenvalue weighted by Crippen LogP contribution is -2.47. The van der Waals surface area contributed by atoms with Crippen LogP contribution in [0.5, 0.6) is 0 Å². The molecule has 31 heavy (non-hydrogen) atoms. The molecule has 0 radical (unpaired) electrons. The average molecular weight is 437 g/mol. The summed E-state index contributed by atoms with van der Waals surface area (Å²) in [7, 11) is 0. The summed E-state index contributed by atoms with van der Waals surface area (Å²) in [5.74, 6) is 0.971. The van der Waals surface area contributed by atoms with Crippen molar-refractivity contribution in [1.29, 1.82) is 0 Å². The van der Waals surface area contributed by atoms with E-state index < -0.39 is 0 Å². The molecule has 2 saturated heterocycles. The average Bonchev–Trinajstić information content (AvgIpc) is 3.21. The van der Waals surface area contributed by atoms with Crippen molar-refractivity contribution in [3.05, 3.63) is 77.2 Å². The zero-order valence-corrected chi connectivity index (χ0v) is 18.4. The Balaban J connectivity index is 1.23. The van der Waals surface area contributed by atoms with Crippen LogP contribution in [0.2, 0.25) is 0 Å². The largest absolute Gasteiger partial charge is 0.447 e. The lowest BCUT2D eigenvalue weighted by molar-refractivity contribution is -0.132. The molecule has 0 aliphatic carbocycles. The number of hydrogen-bond donors (Lipinski definition) is 0. The van der Waals surface area contributed by atoms with Crippen molar-refractivity contribution in [3.8, 4) is 0 Å². The molecule has 0 aromatic heterocycles. The molecule has 0 unspecified atom stereocenters. The Morgan fingerprint density at radius 1 is 1.03 bits per heavy atom. The van der Waals surface area contributed by atoms with E-state index in [4.69, 9.17) is 4.74 Å². The van der Waals surface area contributed by atoms with Gasteiger partial charge in [-0.2, -0.15) is 0 Å². The summed E-state index contributed by atoms with van der Waals surface area (Å²) >= 11 is 1.66. The summed E-state index contributed by atoms with van der Waals surface area (Å²) in [6.45, 7) is 1.79. The van der Waals surface area contributed by atoms with E-state index in [9.17, 15) is 9.59 Å². The van der Waals surface area contributed by atoms with Crippen LogP contribution in [0.4, 0.5) is 4.79 Å². The number of ether oxygens (including phenoxy) is 1. The maximum absolute atomic E-state index is 12.6. The zero-order valence-electron chi connectivity index (χ0n) is 17.6. The number of cyclic esters (lactones) is 1. The minimum Gasteiger partial charge on any atom is -0.447 e. The van der Waals surface area contributed by atoms with Crippen LogP contribution in [0.3, 0.4) is 0 Å². The highest BCUT2D eigenvalue weighted by molar-refractivity contribution is 8.02. The first-order valence-corrected chi connectivity index (χ1v) is 11.9. The molecular weight excluding hydrogens is 408 g/mol. The third-order valence-corrected chi connectivity index (χ3v) is 6.66. The number of piperidine rings is 1. The first-order valence-electron chi connectivity index (χ1n) is 10.8. The van der Waals surface area contributed by atoms with Crippen LogP contribution in [0.1, 0.15) is 36.4 Å². The maximum atomic E-state index is 12.6. The number of carbonyl (C=O) groups is 2. The third kappa shape index (κ3) is 5.50. The fourth-order valence-corrected chi connectivity index (χ4v) is 4.91. The molecule has 2 fully saturated rings. The lowest BCUT2D eigenvalue weighted by atomic mass is 9.99. The topological polar surface area (TPSA) is 49.9 Å². The normalized spacial score (nSPS) is 19.7. The smallest absolute Gasteiger partial charge is 0.410 e. The summed E-state index contributed by atoms with van der Waals surface area (Å²) < 4.78 is 5.37. The molecule has 4 rings (SSSR count). The molecule has 2 aromatic rings. The number of rotatable bonds is 7. The Morgan fingerprint density at radius 3 is 2.42 bits per heavy atom. The van der Waals surface area contributed by atoms with Gasteiger partial charge in [0.1, 0.15) is 6.61 Å². The second-order valence-corrected chi connectivity index (χ2v) is 8.87. The van der Waals surface area contributed by atoms with Crippen molar-refractivity contribution in [2.45, 2.75) is 31.3 Å². The maximum Gasteiger partial charge on any atom is 0.410 e. The van der Waals surface area contributed by atoms with Gasteiger partial charge in [-0.3, -0.25) is 9.69 Å². The predicted octanol–water partition coefficient (Wildman–Crippen LogP) is 4.97. The highest BCUT2D eigenvalue weighted by atomic mass is 32.2. The lowest BCUT2D eigenvalue weighted by Gasteiger charge is -2.38. The van der Waals surface area contributed by atoms with Gasteiger partial charge in [0.2, 0.25) is 5.91 Å². The second-order valence-electron chi connectivity index (χ2n) is 7.86. The minimum absolute atomic E-state index is 0.0336. The molecular formula is C25H28N2O3S. The van der Waals surface area contributed by atoms with Crippen molar-refractivity contribution in [1.82, 2.24) is 9.80 Å². The molecule has 0 bridgehead atoms. The first kappa shape index (κ1) is 21.5. The summed E-state index contributed by atoms with van der Waals surface area (Å²) in [6, 6.07) is 20.3. The molecule has 1 atom stereocenters. The van der Waals surface area contributed by atoms with E-state index in [2.05, 4.69) is 23.6 Å². The number of thioether (sulfide) groups is 1. The van der Waals surface area contributed by atoms with Gasteiger partial charge in [-0.15, -0.1) is 11.8 Å². The molecule has 6 heteroatoms. The van der Waals surface area contributed by atoms with Crippen molar-refractivity contribution in [3.63, 3.8) is 0 Å². The molecule has 0 N–H and O–H groups in total. The van der Waals surface area contributed by atoms with Gasteiger partial charge in [0.25, 0.3) is 0 Å². The third-order valence-electron chi connectivity index (χ3n) is 5.90. The Bertz CT molecular complexity index is 895. The number of likely N-dealkylation sites (tertiary alicyclic amines) is 1. The van der Waals surface area contributed by atoms with Gasteiger partial charge in [-0.25, -0.2) is 4.79 Å². The number of hydrogen-bond acceptors (Lipinski definition) is 4. The summed E-state index contributed by atoms with van der Waals surface area (Å²) in [5.41, 5.74) is 2.27. The minimum atomic E-state index is -0.236. The molecule has 0 saturated carbocycles. The van der Waals surface area contributed by atoms with E-state index in [-0.39, 0.29) is 24.1 Å². The highest BCUT2D eigenvalue weighted by Crippen LogP contribution is 2.33. The second kappa shape index (κ2) is 10.5. The fraction of sp³-hybridized carbons (Fsp3) is 0.360. The number of amides is 2. The van der Waals surface area contributed by atoms with E-state index in [0.29, 0.717) is 26.1 Å².